The van der Waals surface area contributed by atoms with Crippen LogP contribution in [0.15, 0.2) is 23.6 Å². The predicted octanol–water partition coefficient (Wildman–Crippen LogP) is 2.97. The Hall–Kier alpha value is -1.41. The fourth-order valence-electron chi connectivity index (χ4n) is 0.589. The summed E-state index contributed by atoms with van der Waals surface area (Å²) in [4.78, 5) is 3.02. The average Bonchev–Trinajstić information content (AvgIpc) is 2.06. The molecule has 9 heteroatoms. The van der Waals surface area contributed by atoms with Gasteiger partial charge in [0.1, 0.15) is 0 Å². The van der Waals surface area contributed by atoms with E-state index in [1.54, 1.807) is 0 Å². The normalized spacial score (nSPS) is 18.9. The topological polar surface area (TPSA) is 12.5 Å². The van der Waals surface area contributed by atoms with Crippen molar-refractivity contribution in [2.45, 2.75) is 6.30 Å². The standard InChI is InChI=1S/C5F7NO/c6-1-2(7)4(9)14-13(3(1)8)5(10,11)12. The molecule has 1 aliphatic rings. The van der Waals surface area contributed by atoms with E-state index in [0.717, 1.165) is 0 Å². The number of rotatable bonds is 0. The van der Waals surface area contributed by atoms with Crippen molar-refractivity contribution in [1.29, 1.82) is 0 Å². The maximum atomic E-state index is 12.3. The Balaban J connectivity index is 3.12. The summed E-state index contributed by atoms with van der Waals surface area (Å²) >= 11 is 0. The molecular weight excluding hydrogens is 223 g/mol. The largest absolute Gasteiger partial charge is 0.519 e. The van der Waals surface area contributed by atoms with Crippen LogP contribution in [0.3, 0.4) is 0 Å². The van der Waals surface area contributed by atoms with Gasteiger partial charge in [-0.25, -0.2) is 0 Å². The zero-order valence-corrected chi connectivity index (χ0v) is 6.00. The lowest BCUT2D eigenvalue weighted by atomic mass is 10.4. The molecule has 0 aromatic rings. The van der Waals surface area contributed by atoms with Gasteiger partial charge in [0.15, 0.2) is 0 Å². The fraction of sp³-hybridized carbons (Fsp3) is 0.200. The van der Waals surface area contributed by atoms with Crippen LogP contribution in [0.25, 0.3) is 0 Å². The summed E-state index contributed by atoms with van der Waals surface area (Å²) in [6.07, 6.45) is -5.51. The van der Waals surface area contributed by atoms with Crippen LogP contribution in [-0.2, 0) is 4.84 Å². The first-order valence-corrected chi connectivity index (χ1v) is 2.91. The molecule has 0 spiro atoms. The van der Waals surface area contributed by atoms with Crippen LogP contribution < -0.4 is 0 Å². The van der Waals surface area contributed by atoms with E-state index in [1.807, 2.05) is 0 Å². The lowest BCUT2D eigenvalue weighted by Gasteiger charge is -2.25. The molecule has 14 heavy (non-hydrogen) atoms. The number of hydroxylamine groups is 2. The third kappa shape index (κ3) is 1.61. The minimum absolute atomic E-state index is 1.67. The highest BCUT2D eigenvalue weighted by Crippen LogP contribution is 2.38. The minimum atomic E-state index is -5.51. The molecule has 0 bridgehead atoms. The average molecular weight is 223 g/mol. The highest BCUT2D eigenvalue weighted by Gasteiger charge is 2.48. The van der Waals surface area contributed by atoms with Crippen molar-refractivity contribution < 1.29 is 35.6 Å². The Morgan fingerprint density at radius 3 is 1.86 bits per heavy atom. The number of halogens is 7. The van der Waals surface area contributed by atoms with Crippen molar-refractivity contribution in [3.63, 3.8) is 0 Å². The van der Waals surface area contributed by atoms with E-state index in [9.17, 15) is 30.7 Å². The molecule has 1 heterocycles. The van der Waals surface area contributed by atoms with Gasteiger partial charge in [-0.3, -0.25) is 0 Å². The van der Waals surface area contributed by atoms with Gasteiger partial charge in [0.2, 0.25) is 11.7 Å². The smallest absolute Gasteiger partial charge is 0.335 e. The number of alkyl halides is 3. The first-order chi connectivity index (χ1) is 6.25. The molecule has 80 valence electrons. The van der Waals surface area contributed by atoms with E-state index in [2.05, 4.69) is 4.84 Å². The predicted molar refractivity (Wildman–Crippen MR) is 27.5 cm³/mol. The molecule has 0 aromatic carbocycles. The van der Waals surface area contributed by atoms with Gasteiger partial charge in [0, 0.05) is 0 Å². The van der Waals surface area contributed by atoms with Gasteiger partial charge < -0.3 is 4.84 Å². The molecule has 0 aromatic heterocycles. The second kappa shape index (κ2) is 3.07. The van der Waals surface area contributed by atoms with Gasteiger partial charge >= 0.3 is 12.3 Å². The van der Waals surface area contributed by atoms with E-state index in [-0.39, 0.29) is 0 Å². The summed E-state index contributed by atoms with van der Waals surface area (Å²) in [7, 11) is 0. The van der Waals surface area contributed by atoms with E-state index in [1.165, 1.54) is 0 Å². The van der Waals surface area contributed by atoms with Crippen LogP contribution >= 0.6 is 0 Å². The second-order valence-corrected chi connectivity index (χ2v) is 2.05. The Morgan fingerprint density at radius 1 is 0.929 bits per heavy atom. The maximum absolute atomic E-state index is 12.3. The maximum Gasteiger partial charge on any atom is 0.519 e. The quantitative estimate of drug-likeness (QED) is 0.462. The highest BCUT2D eigenvalue weighted by atomic mass is 19.4. The molecule has 0 saturated heterocycles. The van der Waals surface area contributed by atoms with Gasteiger partial charge in [0.05, 0.1) is 0 Å². The van der Waals surface area contributed by atoms with E-state index in [4.69, 9.17) is 0 Å². The van der Waals surface area contributed by atoms with Crippen LogP contribution in [0, 0.1) is 0 Å². The van der Waals surface area contributed by atoms with Crippen molar-refractivity contribution in [2.24, 2.45) is 0 Å². The van der Waals surface area contributed by atoms with Gasteiger partial charge in [-0.1, -0.05) is 5.06 Å². The minimum Gasteiger partial charge on any atom is -0.335 e. The van der Waals surface area contributed by atoms with Crippen LogP contribution in [0.2, 0.25) is 0 Å². The first kappa shape index (κ1) is 10.7. The van der Waals surface area contributed by atoms with Crippen molar-refractivity contribution in [2.75, 3.05) is 0 Å². The van der Waals surface area contributed by atoms with Crippen molar-refractivity contribution in [3.8, 4) is 0 Å². The molecule has 2 nitrogen and oxygen atoms in total. The summed E-state index contributed by atoms with van der Waals surface area (Å²) in [6.45, 7) is 0. The third-order valence-corrected chi connectivity index (χ3v) is 1.13. The van der Waals surface area contributed by atoms with Gasteiger partial charge in [-0.15, -0.1) is 13.2 Å². The SMILES string of the molecule is FC1=C(F)C(F)=C(F)N(C(F)(F)F)O1. The summed E-state index contributed by atoms with van der Waals surface area (Å²) in [6, 6.07) is -2.50. The number of hydrogen-bond acceptors (Lipinski definition) is 2. The molecule has 0 saturated carbocycles. The van der Waals surface area contributed by atoms with E-state index in [0.29, 0.717) is 0 Å². The molecule has 0 N–H and O–H groups in total. The van der Waals surface area contributed by atoms with Crippen molar-refractivity contribution >= 4 is 0 Å². The first-order valence-electron chi connectivity index (χ1n) is 2.91. The van der Waals surface area contributed by atoms with Crippen LogP contribution in [0.5, 0.6) is 0 Å². The summed E-state index contributed by atoms with van der Waals surface area (Å²) in [5.74, 6) is -7.76. The van der Waals surface area contributed by atoms with E-state index >= 15 is 0 Å². The molecule has 1 aliphatic heterocycles. The molecule has 1 rings (SSSR count). The second-order valence-electron chi connectivity index (χ2n) is 2.05. The van der Waals surface area contributed by atoms with Gasteiger partial charge in [0.25, 0.3) is 5.95 Å². The monoisotopic (exact) mass is 223 g/mol. The van der Waals surface area contributed by atoms with Crippen LogP contribution in [-0.4, -0.2) is 11.4 Å². The van der Waals surface area contributed by atoms with Crippen LogP contribution in [0.1, 0.15) is 0 Å². The Labute approximate surface area is 71.8 Å². The Bertz CT molecular complexity index is 317. The molecule has 0 aliphatic carbocycles. The number of hydrogen-bond donors (Lipinski definition) is 0. The van der Waals surface area contributed by atoms with Gasteiger partial charge in [-0.05, 0) is 0 Å². The molecule has 0 radical (unpaired) electrons. The fourth-order valence-corrected chi connectivity index (χ4v) is 0.589. The van der Waals surface area contributed by atoms with Crippen LogP contribution in [0.4, 0.5) is 30.7 Å². The molecule has 0 unspecified atom stereocenters. The third-order valence-electron chi connectivity index (χ3n) is 1.13. The number of nitrogens with zero attached hydrogens (tertiary/aromatic N) is 1. The summed E-state index contributed by atoms with van der Waals surface area (Å²) in [5, 5.41) is -1.67. The Kier molecular flexibility index (Phi) is 2.34. The lowest BCUT2D eigenvalue weighted by Crippen LogP contribution is -2.37. The van der Waals surface area contributed by atoms with Crippen molar-refractivity contribution in [3.05, 3.63) is 23.6 Å². The zero-order valence-electron chi connectivity index (χ0n) is 6.00. The Morgan fingerprint density at radius 2 is 1.43 bits per heavy atom. The lowest BCUT2D eigenvalue weighted by molar-refractivity contribution is -0.358. The van der Waals surface area contributed by atoms with E-state index < -0.39 is 35.0 Å². The number of allylic oxidation sites excluding steroid dienone is 2. The summed E-state index contributed by atoms with van der Waals surface area (Å²) in [5.41, 5.74) is 0. The molecular formula is C5F7NO. The molecule has 0 atom stereocenters. The molecule has 0 fully saturated rings. The highest BCUT2D eigenvalue weighted by molar-refractivity contribution is 5.24. The molecule has 0 amide bonds. The zero-order chi connectivity index (χ0) is 11.1. The van der Waals surface area contributed by atoms with Crippen molar-refractivity contribution in [1.82, 2.24) is 5.06 Å². The van der Waals surface area contributed by atoms with Gasteiger partial charge in [-0.2, -0.15) is 17.6 Å². The summed E-state index contributed by atoms with van der Waals surface area (Å²) < 4.78 is 83.8.